The van der Waals surface area contributed by atoms with E-state index in [9.17, 15) is 5.11 Å². The van der Waals surface area contributed by atoms with Gasteiger partial charge in [0.1, 0.15) is 6.33 Å². The van der Waals surface area contributed by atoms with Gasteiger partial charge in [0.15, 0.2) is 11.3 Å². The fourth-order valence-corrected chi connectivity index (χ4v) is 3.91. The molecule has 1 fully saturated rings. The number of aliphatic hydroxyl groups is 1. The lowest BCUT2D eigenvalue weighted by molar-refractivity contribution is 0.316. The number of nitrogens with zero attached hydrogens (tertiary/aromatic N) is 3. The van der Waals surface area contributed by atoms with Crippen LogP contribution in [0.1, 0.15) is 12.8 Å². The van der Waals surface area contributed by atoms with Crippen molar-refractivity contribution in [3.63, 3.8) is 0 Å². The fraction of sp³-hybridized carbons (Fsp3) is 0.400. The van der Waals surface area contributed by atoms with Crippen molar-refractivity contribution in [2.45, 2.75) is 18.3 Å². The van der Waals surface area contributed by atoms with Gasteiger partial charge in [-0.3, -0.25) is 3.97 Å². The molecule has 5 heteroatoms. The Kier molecular flexibility index (Phi) is 1.87. The third kappa shape index (κ3) is 1.29. The Hall–Kier alpha value is -1.25. The van der Waals surface area contributed by atoms with Crippen molar-refractivity contribution in [1.82, 2.24) is 8.96 Å². The Bertz CT molecular complexity index is 469. The topological polar surface area (TPSA) is 50.4 Å². The molecule has 3 rings (SSSR count). The Morgan fingerprint density at radius 1 is 1.67 bits per heavy atom. The quantitative estimate of drug-likeness (QED) is 0.579. The minimum absolute atomic E-state index is 0.541. The summed E-state index contributed by atoms with van der Waals surface area (Å²) in [4.78, 5) is 8.53. The summed E-state index contributed by atoms with van der Waals surface area (Å²) in [6.45, 7) is 0. The largest absolute Gasteiger partial charge is 0.371 e. The first-order chi connectivity index (χ1) is 7.31. The molecule has 15 heavy (non-hydrogen) atoms. The van der Waals surface area contributed by atoms with Gasteiger partial charge in [0.2, 0.25) is 0 Å². The van der Waals surface area contributed by atoms with Crippen LogP contribution in [-0.4, -0.2) is 24.5 Å². The molecule has 0 spiro atoms. The first-order valence-corrected chi connectivity index (χ1v) is 6.22. The van der Waals surface area contributed by atoms with Gasteiger partial charge in [-0.15, -0.1) is 6.42 Å². The first kappa shape index (κ1) is 9.01. The summed E-state index contributed by atoms with van der Waals surface area (Å²) < 4.78 is 1.92. The first-order valence-electron chi connectivity index (χ1n) is 4.86. The van der Waals surface area contributed by atoms with Crippen LogP contribution in [0.4, 0.5) is 5.82 Å². The van der Waals surface area contributed by atoms with Gasteiger partial charge in [-0.1, -0.05) is 17.0 Å². The fourth-order valence-electron chi connectivity index (χ4n) is 1.74. The van der Waals surface area contributed by atoms with Crippen molar-refractivity contribution in [3.8, 4) is 12.3 Å². The number of imidazole rings is 1. The highest BCUT2D eigenvalue weighted by Gasteiger charge is 2.38. The normalized spacial score (nSPS) is 28.0. The van der Waals surface area contributed by atoms with Crippen LogP contribution in [0.25, 0.3) is 0 Å². The second kappa shape index (κ2) is 3.12. The van der Waals surface area contributed by atoms with Gasteiger partial charge < -0.3 is 5.11 Å². The number of hydrogen-bond donors (Lipinski definition) is 2. The van der Waals surface area contributed by atoms with Crippen molar-refractivity contribution < 1.29 is 5.11 Å². The van der Waals surface area contributed by atoms with E-state index in [1.54, 1.807) is 12.5 Å². The van der Waals surface area contributed by atoms with E-state index in [1.807, 2.05) is 3.97 Å². The highest BCUT2D eigenvalue weighted by molar-refractivity contribution is 8.29. The van der Waals surface area contributed by atoms with Gasteiger partial charge >= 0.3 is 0 Å². The summed E-state index contributed by atoms with van der Waals surface area (Å²) in [7, 11) is 0. The lowest BCUT2D eigenvalue weighted by Crippen LogP contribution is -2.15. The number of aliphatic hydroxyl groups excluding tert-OH is 1. The number of thiol groups is 1. The lowest BCUT2D eigenvalue weighted by atomic mass is 10.5. The average Bonchev–Trinajstić information content (AvgIpc) is 2.87. The van der Waals surface area contributed by atoms with Crippen LogP contribution in [0.5, 0.6) is 0 Å². The van der Waals surface area contributed by atoms with E-state index in [0.717, 1.165) is 10.9 Å². The molecule has 1 aliphatic carbocycles. The molecule has 0 amide bonds. The smallest absolute Gasteiger partial charge is 0.164 e. The SMILES string of the molecule is C#CC(O)[SH]1C(C2CC2)=Nc2cncn21. The third-order valence-corrected chi connectivity index (χ3v) is 4.94. The van der Waals surface area contributed by atoms with Crippen LogP contribution in [-0.2, 0) is 0 Å². The van der Waals surface area contributed by atoms with Crippen LogP contribution < -0.4 is 0 Å². The number of terminal acetylenes is 1. The zero-order chi connectivity index (χ0) is 10.4. The highest BCUT2D eigenvalue weighted by Crippen LogP contribution is 2.51. The molecule has 2 unspecified atom stereocenters. The van der Waals surface area contributed by atoms with Gasteiger partial charge in [-0.05, 0) is 12.8 Å². The standard InChI is InChI=1S/C10H11N3OS/c1-2-9(14)15-10(7-3-4-7)12-8-5-11-6-13(8)15/h1,5-7,9,14-15H,3-4H2. The molecule has 0 radical (unpaired) electrons. The lowest BCUT2D eigenvalue weighted by Gasteiger charge is -2.22. The molecule has 0 aromatic carbocycles. The number of aliphatic imine (C=N–C) groups is 1. The number of hydrogen-bond acceptors (Lipinski definition) is 3. The minimum atomic E-state index is -0.902. The van der Waals surface area contributed by atoms with Crippen LogP contribution >= 0.6 is 11.1 Å². The van der Waals surface area contributed by atoms with E-state index in [1.165, 1.54) is 12.8 Å². The maximum absolute atomic E-state index is 9.83. The zero-order valence-electron chi connectivity index (χ0n) is 8.04. The Labute approximate surface area is 90.5 Å². The predicted octanol–water partition coefficient (Wildman–Crippen LogP) is 1.05. The Morgan fingerprint density at radius 2 is 2.47 bits per heavy atom. The molecule has 0 bridgehead atoms. The monoisotopic (exact) mass is 221 g/mol. The maximum Gasteiger partial charge on any atom is 0.164 e. The molecular weight excluding hydrogens is 210 g/mol. The predicted molar refractivity (Wildman–Crippen MR) is 61.3 cm³/mol. The number of rotatable bonds is 2. The van der Waals surface area contributed by atoms with Gasteiger partial charge in [-0.25, -0.2) is 9.98 Å². The summed E-state index contributed by atoms with van der Waals surface area (Å²) in [6, 6.07) is 0. The van der Waals surface area contributed by atoms with Crippen LogP contribution in [0.15, 0.2) is 17.5 Å². The van der Waals surface area contributed by atoms with E-state index in [-0.39, 0.29) is 0 Å². The Balaban J connectivity index is 2.03. The molecule has 1 saturated carbocycles. The molecule has 1 N–H and O–H groups in total. The van der Waals surface area contributed by atoms with E-state index in [0.29, 0.717) is 5.92 Å². The van der Waals surface area contributed by atoms with Crippen molar-refractivity contribution in [2.75, 3.05) is 0 Å². The third-order valence-electron chi connectivity index (χ3n) is 2.62. The summed E-state index contributed by atoms with van der Waals surface area (Å²) in [5.74, 6) is 3.78. The van der Waals surface area contributed by atoms with E-state index in [2.05, 4.69) is 15.9 Å². The molecule has 0 saturated heterocycles. The van der Waals surface area contributed by atoms with E-state index < -0.39 is 16.5 Å². The second-order valence-electron chi connectivity index (χ2n) is 3.73. The summed E-state index contributed by atoms with van der Waals surface area (Å²) in [5.41, 5.74) is -0.741. The zero-order valence-corrected chi connectivity index (χ0v) is 8.93. The maximum atomic E-state index is 9.83. The van der Waals surface area contributed by atoms with Gasteiger partial charge in [-0.2, -0.15) is 0 Å². The molecule has 2 aliphatic rings. The highest BCUT2D eigenvalue weighted by atomic mass is 32.2. The molecule has 1 aromatic rings. The molecule has 1 aliphatic heterocycles. The van der Waals surface area contributed by atoms with Crippen molar-refractivity contribution in [2.24, 2.45) is 10.9 Å². The van der Waals surface area contributed by atoms with Crippen molar-refractivity contribution in [1.29, 1.82) is 0 Å². The second-order valence-corrected chi connectivity index (χ2v) is 5.79. The molecule has 4 nitrogen and oxygen atoms in total. The van der Waals surface area contributed by atoms with Crippen LogP contribution in [0.2, 0.25) is 0 Å². The molecular formula is C10H11N3OS. The van der Waals surface area contributed by atoms with E-state index >= 15 is 0 Å². The summed E-state index contributed by atoms with van der Waals surface area (Å²) >= 11 is -0.902. The van der Waals surface area contributed by atoms with Crippen LogP contribution in [0.3, 0.4) is 0 Å². The average molecular weight is 221 g/mol. The van der Waals surface area contributed by atoms with Crippen molar-refractivity contribution in [3.05, 3.63) is 12.5 Å². The van der Waals surface area contributed by atoms with Crippen LogP contribution in [0, 0.1) is 18.3 Å². The van der Waals surface area contributed by atoms with Gasteiger partial charge in [0.05, 0.1) is 11.2 Å². The summed E-state index contributed by atoms with van der Waals surface area (Å²) in [5, 5.41) is 10.9. The number of fused-ring (bicyclic) bond motifs is 1. The van der Waals surface area contributed by atoms with Gasteiger partial charge in [0.25, 0.3) is 0 Å². The number of aromatic nitrogens is 2. The Morgan fingerprint density at radius 3 is 3.13 bits per heavy atom. The van der Waals surface area contributed by atoms with Gasteiger partial charge in [0, 0.05) is 5.92 Å². The van der Waals surface area contributed by atoms with E-state index in [4.69, 9.17) is 6.42 Å². The molecule has 78 valence electrons. The molecule has 1 aromatic heterocycles. The molecule has 2 atom stereocenters. The van der Waals surface area contributed by atoms with Crippen molar-refractivity contribution >= 4 is 21.9 Å². The minimum Gasteiger partial charge on any atom is -0.371 e. The summed E-state index contributed by atoms with van der Waals surface area (Å²) in [6.07, 6.45) is 11.1. The molecule has 2 heterocycles.